The van der Waals surface area contributed by atoms with Gasteiger partial charge < -0.3 is 19.6 Å². The molecule has 2 aromatic carbocycles. The Balaban J connectivity index is 1.58. The summed E-state index contributed by atoms with van der Waals surface area (Å²) in [5, 5.41) is 12.0. The van der Waals surface area contributed by atoms with E-state index in [-0.39, 0.29) is 11.8 Å². The first-order chi connectivity index (χ1) is 13.1. The molecule has 0 aromatic heterocycles. The van der Waals surface area contributed by atoms with Gasteiger partial charge in [-0.1, -0.05) is 24.3 Å². The number of aromatic hydroxyl groups is 1. The molecule has 2 fully saturated rings. The van der Waals surface area contributed by atoms with Crippen molar-refractivity contribution in [3.05, 3.63) is 54.6 Å². The summed E-state index contributed by atoms with van der Waals surface area (Å²) in [6.07, 6.45) is -1.10. The first-order valence-electron chi connectivity index (χ1n) is 8.97. The molecule has 2 amide bonds. The van der Waals surface area contributed by atoms with E-state index in [2.05, 4.69) is 27.2 Å². The SMILES string of the molecule is O=C1NC(=O)C(CC2CN(c3ccccc3)CCN2c2cccc(O)c2)O1. The predicted octanol–water partition coefficient (Wildman–Crippen LogP) is 2.11. The average molecular weight is 367 g/mol. The van der Waals surface area contributed by atoms with E-state index in [0.717, 1.165) is 24.5 Å². The average Bonchev–Trinajstić information content (AvgIpc) is 2.99. The van der Waals surface area contributed by atoms with Crippen molar-refractivity contribution in [3.63, 3.8) is 0 Å². The van der Waals surface area contributed by atoms with Crippen LogP contribution in [0.3, 0.4) is 0 Å². The third-order valence-electron chi connectivity index (χ3n) is 5.02. The van der Waals surface area contributed by atoms with Gasteiger partial charge >= 0.3 is 6.09 Å². The number of alkyl carbamates (subject to hydrolysis) is 1. The van der Waals surface area contributed by atoms with Crippen LogP contribution in [-0.2, 0) is 9.53 Å². The van der Waals surface area contributed by atoms with Gasteiger partial charge in [-0.2, -0.15) is 0 Å². The normalized spacial score (nSPS) is 22.5. The summed E-state index contributed by atoms with van der Waals surface area (Å²) in [5.74, 6) is -0.200. The van der Waals surface area contributed by atoms with Crippen LogP contribution in [0.1, 0.15) is 6.42 Å². The number of hydrogen-bond donors (Lipinski definition) is 2. The van der Waals surface area contributed by atoms with Crippen LogP contribution in [0.2, 0.25) is 0 Å². The van der Waals surface area contributed by atoms with Gasteiger partial charge in [0.1, 0.15) is 5.75 Å². The molecule has 4 rings (SSSR count). The molecule has 2 saturated heterocycles. The lowest BCUT2D eigenvalue weighted by Gasteiger charge is -2.44. The number of anilines is 2. The molecule has 2 aliphatic rings. The lowest BCUT2D eigenvalue weighted by Crippen LogP contribution is -2.55. The minimum Gasteiger partial charge on any atom is -0.508 e. The van der Waals surface area contributed by atoms with Crippen LogP contribution in [0.25, 0.3) is 0 Å². The number of piperazine rings is 1. The molecule has 0 radical (unpaired) electrons. The van der Waals surface area contributed by atoms with Gasteiger partial charge in [-0.25, -0.2) is 4.79 Å². The van der Waals surface area contributed by atoms with Crippen LogP contribution in [0, 0.1) is 0 Å². The zero-order chi connectivity index (χ0) is 18.8. The second kappa shape index (κ2) is 7.19. The number of phenolic OH excluding ortho intramolecular Hbond substituents is 1. The molecule has 2 atom stereocenters. The van der Waals surface area contributed by atoms with E-state index >= 15 is 0 Å². The van der Waals surface area contributed by atoms with Gasteiger partial charge in [-0.05, 0) is 24.3 Å². The zero-order valence-electron chi connectivity index (χ0n) is 14.7. The first-order valence-corrected chi connectivity index (χ1v) is 8.97. The Bertz CT molecular complexity index is 842. The summed E-state index contributed by atoms with van der Waals surface area (Å²) in [7, 11) is 0. The third-order valence-corrected chi connectivity index (χ3v) is 5.02. The van der Waals surface area contributed by atoms with Crippen molar-refractivity contribution in [2.75, 3.05) is 29.4 Å². The highest BCUT2D eigenvalue weighted by Gasteiger charge is 2.38. The standard InChI is InChI=1S/C20H21N3O4/c24-17-8-4-7-15(11-17)23-10-9-22(14-5-2-1-3-6-14)13-16(23)12-18-19(25)21-20(26)27-18/h1-8,11,16,18,24H,9-10,12-13H2,(H,21,25,26). The molecule has 27 heavy (non-hydrogen) atoms. The van der Waals surface area contributed by atoms with E-state index in [9.17, 15) is 14.7 Å². The van der Waals surface area contributed by atoms with Crippen LogP contribution in [-0.4, -0.2) is 48.9 Å². The van der Waals surface area contributed by atoms with Crippen LogP contribution in [0.5, 0.6) is 5.75 Å². The maximum absolute atomic E-state index is 12.0. The summed E-state index contributed by atoms with van der Waals surface area (Å²) in [5.41, 5.74) is 2.00. The van der Waals surface area contributed by atoms with Gasteiger partial charge in [0.25, 0.3) is 5.91 Å². The second-order valence-electron chi connectivity index (χ2n) is 6.77. The Labute approximate surface area is 157 Å². The molecule has 2 heterocycles. The molecule has 2 N–H and O–H groups in total. The molecule has 140 valence electrons. The number of carbonyl (C=O) groups is 2. The van der Waals surface area contributed by atoms with Crippen molar-refractivity contribution in [3.8, 4) is 5.75 Å². The molecule has 0 saturated carbocycles. The van der Waals surface area contributed by atoms with Gasteiger partial charge in [-0.15, -0.1) is 0 Å². The van der Waals surface area contributed by atoms with Crippen LogP contribution in [0.15, 0.2) is 54.6 Å². The smallest absolute Gasteiger partial charge is 0.414 e. The number of hydrogen-bond acceptors (Lipinski definition) is 6. The van der Waals surface area contributed by atoms with Gasteiger partial charge in [0.15, 0.2) is 6.10 Å². The van der Waals surface area contributed by atoms with Crippen molar-refractivity contribution in [1.29, 1.82) is 0 Å². The molecular formula is C20H21N3O4. The largest absolute Gasteiger partial charge is 0.508 e. The number of ether oxygens (including phenoxy) is 1. The van der Waals surface area contributed by atoms with E-state index in [4.69, 9.17) is 4.74 Å². The van der Waals surface area contributed by atoms with Gasteiger partial charge in [0.2, 0.25) is 0 Å². The molecule has 0 spiro atoms. The number of carbonyl (C=O) groups excluding carboxylic acids is 2. The Morgan fingerprint density at radius 1 is 1.04 bits per heavy atom. The minimum absolute atomic E-state index is 0.0533. The van der Waals surface area contributed by atoms with E-state index in [1.54, 1.807) is 18.2 Å². The number of cyclic esters (lactones) is 1. The highest BCUT2D eigenvalue weighted by molar-refractivity contribution is 5.99. The minimum atomic E-state index is -0.793. The summed E-state index contributed by atoms with van der Waals surface area (Å²) < 4.78 is 5.13. The fourth-order valence-corrected chi connectivity index (χ4v) is 3.74. The van der Waals surface area contributed by atoms with Crippen molar-refractivity contribution in [1.82, 2.24) is 5.32 Å². The Kier molecular flexibility index (Phi) is 4.58. The number of nitrogens with one attached hydrogen (secondary N) is 1. The zero-order valence-corrected chi connectivity index (χ0v) is 14.7. The molecule has 7 heteroatoms. The van der Waals surface area contributed by atoms with E-state index in [1.807, 2.05) is 24.3 Å². The summed E-state index contributed by atoms with van der Waals surface area (Å²) in [6.45, 7) is 2.22. The molecule has 2 aromatic rings. The fourth-order valence-electron chi connectivity index (χ4n) is 3.74. The van der Waals surface area contributed by atoms with Gasteiger partial charge in [0.05, 0.1) is 6.04 Å². The number of benzene rings is 2. The Hall–Kier alpha value is -3.22. The van der Waals surface area contributed by atoms with Crippen LogP contribution >= 0.6 is 0 Å². The molecule has 0 bridgehead atoms. The number of nitrogens with zero attached hydrogens (tertiary/aromatic N) is 2. The fraction of sp³-hybridized carbons (Fsp3) is 0.300. The van der Waals surface area contributed by atoms with Crippen molar-refractivity contribution in [2.45, 2.75) is 18.6 Å². The molecule has 2 aliphatic heterocycles. The van der Waals surface area contributed by atoms with Crippen molar-refractivity contribution >= 4 is 23.4 Å². The first kappa shape index (κ1) is 17.2. The van der Waals surface area contributed by atoms with Crippen LogP contribution < -0.4 is 15.1 Å². The van der Waals surface area contributed by atoms with Gasteiger partial charge in [0, 0.05) is 43.5 Å². The summed E-state index contributed by atoms with van der Waals surface area (Å²) in [4.78, 5) is 27.8. The number of phenols is 1. The third kappa shape index (κ3) is 3.67. The summed E-state index contributed by atoms with van der Waals surface area (Å²) >= 11 is 0. The van der Waals surface area contributed by atoms with E-state index in [0.29, 0.717) is 13.0 Å². The monoisotopic (exact) mass is 367 g/mol. The Morgan fingerprint density at radius 2 is 1.81 bits per heavy atom. The van der Waals surface area contributed by atoms with E-state index in [1.165, 1.54) is 0 Å². The number of rotatable bonds is 4. The summed E-state index contributed by atoms with van der Waals surface area (Å²) in [6, 6.07) is 17.1. The maximum Gasteiger partial charge on any atom is 0.414 e. The lowest BCUT2D eigenvalue weighted by atomic mass is 10.0. The van der Waals surface area contributed by atoms with Crippen molar-refractivity contribution < 1.29 is 19.4 Å². The predicted molar refractivity (Wildman–Crippen MR) is 101 cm³/mol. The lowest BCUT2D eigenvalue weighted by molar-refractivity contribution is -0.123. The molecular weight excluding hydrogens is 346 g/mol. The Morgan fingerprint density at radius 3 is 2.52 bits per heavy atom. The molecule has 2 unspecified atom stereocenters. The second-order valence-corrected chi connectivity index (χ2v) is 6.77. The molecule has 0 aliphatic carbocycles. The number of para-hydroxylation sites is 1. The maximum atomic E-state index is 12.0. The van der Waals surface area contributed by atoms with Crippen LogP contribution in [0.4, 0.5) is 16.2 Å². The number of amides is 2. The van der Waals surface area contributed by atoms with Crippen molar-refractivity contribution in [2.24, 2.45) is 0 Å². The number of imide groups is 1. The van der Waals surface area contributed by atoms with E-state index < -0.39 is 18.1 Å². The van der Waals surface area contributed by atoms with Gasteiger partial charge in [-0.3, -0.25) is 10.1 Å². The topological polar surface area (TPSA) is 82.1 Å². The quantitative estimate of drug-likeness (QED) is 0.861. The highest BCUT2D eigenvalue weighted by atomic mass is 16.6. The highest BCUT2D eigenvalue weighted by Crippen LogP contribution is 2.29. The molecule has 7 nitrogen and oxygen atoms in total.